The van der Waals surface area contributed by atoms with Gasteiger partial charge in [-0.3, -0.25) is 9.59 Å². The van der Waals surface area contributed by atoms with Gasteiger partial charge in [0.15, 0.2) is 11.5 Å². The molecular weight excluding hydrogens is 348 g/mol. The summed E-state index contributed by atoms with van der Waals surface area (Å²) in [4.78, 5) is 26.3. The first-order chi connectivity index (χ1) is 12.1. The average molecular weight is 370 g/mol. The number of ether oxygens (including phenoxy) is 4. The number of carbonyl (C=O) groups is 2. The van der Waals surface area contributed by atoms with Crippen molar-refractivity contribution >= 4 is 23.2 Å². The van der Waals surface area contributed by atoms with Crippen LogP contribution in [0.1, 0.15) is 16.1 Å². The standard InChI is InChI=1S/C16H22N2O6S/c1-18(2)13(19)8-24-11-7-21-4-3-10(11)17-16(20)15-14-12(9-25-15)22-5-6-23-14/h9-11H,3-8H2,1-2H3,(H,17,20)/t10-,11-/m1/s1. The molecule has 1 aromatic rings. The monoisotopic (exact) mass is 370 g/mol. The van der Waals surface area contributed by atoms with E-state index in [2.05, 4.69) is 5.32 Å². The lowest BCUT2D eigenvalue weighted by molar-refractivity contribution is -0.140. The molecule has 0 spiro atoms. The fraction of sp³-hybridized carbons (Fsp3) is 0.625. The summed E-state index contributed by atoms with van der Waals surface area (Å²) in [5.41, 5.74) is 0. The Kier molecular flexibility index (Phi) is 5.77. The summed E-state index contributed by atoms with van der Waals surface area (Å²) in [6, 6.07) is -0.224. The molecule has 3 rings (SSSR count). The molecule has 1 fully saturated rings. The third-order valence-corrected chi connectivity index (χ3v) is 4.99. The highest BCUT2D eigenvalue weighted by atomic mass is 32.1. The zero-order chi connectivity index (χ0) is 17.8. The van der Waals surface area contributed by atoms with Crippen molar-refractivity contribution in [2.24, 2.45) is 0 Å². The van der Waals surface area contributed by atoms with Crippen LogP contribution < -0.4 is 14.8 Å². The Morgan fingerprint density at radius 2 is 2.12 bits per heavy atom. The molecule has 0 bridgehead atoms. The highest BCUT2D eigenvalue weighted by Crippen LogP contribution is 2.39. The summed E-state index contributed by atoms with van der Waals surface area (Å²) in [5.74, 6) is 0.753. The average Bonchev–Trinajstić information content (AvgIpc) is 3.04. The second-order valence-electron chi connectivity index (χ2n) is 6.04. The van der Waals surface area contributed by atoms with Crippen molar-refractivity contribution in [3.8, 4) is 11.5 Å². The molecule has 25 heavy (non-hydrogen) atoms. The Labute approximate surface area is 150 Å². The number of amides is 2. The highest BCUT2D eigenvalue weighted by molar-refractivity contribution is 7.12. The number of rotatable bonds is 5. The number of nitrogens with one attached hydrogen (secondary N) is 1. The van der Waals surface area contributed by atoms with E-state index in [0.717, 1.165) is 0 Å². The van der Waals surface area contributed by atoms with Crippen LogP contribution in [-0.4, -0.2) is 76.0 Å². The number of hydrogen-bond donors (Lipinski definition) is 1. The molecule has 2 aliphatic rings. The third-order valence-electron chi connectivity index (χ3n) is 4.05. The van der Waals surface area contributed by atoms with Gasteiger partial charge in [0.05, 0.1) is 12.6 Å². The van der Waals surface area contributed by atoms with Crippen LogP contribution in [-0.2, 0) is 14.3 Å². The van der Waals surface area contributed by atoms with Crippen LogP contribution in [0.25, 0.3) is 0 Å². The van der Waals surface area contributed by atoms with Crippen molar-refractivity contribution in [3.63, 3.8) is 0 Å². The molecule has 0 radical (unpaired) electrons. The first kappa shape index (κ1) is 18.0. The van der Waals surface area contributed by atoms with Crippen LogP contribution >= 0.6 is 11.3 Å². The Morgan fingerprint density at radius 1 is 1.32 bits per heavy atom. The fourth-order valence-corrected chi connectivity index (χ4v) is 3.43. The van der Waals surface area contributed by atoms with Crippen LogP contribution in [0.15, 0.2) is 5.38 Å². The molecule has 9 heteroatoms. The topological polar surface area (TPSA) is 86.3 Å². The Morgan fingerprint density at radius 3 is 2.92 bits per heavy atom. The molecule has 3 heterocycles. The van der Waals surface area contributed by atoms with Gasteiger partial charge in [0.2, 0.25) is 5.91 Å². The molecular formula is C16H22N2O6S. The SMILES string of the molecule is CN(C)C(=O)CO[C@@H]1COCC[C@H]1NC(=O)c1scc2c1OCCO2. The van der Waals surface area contributed by atoms with Gasteiger partial charge >= 0.3 is 0 Å². The number of nitrogens with zero attached hydrogens (tertiary/aromatic N) is 1. The predicted molar refractivity (Wildman–Crippen MR) is 90.4 cm³/mol. The van der Waals surface area contributed by atoms with Crippen molar-refractivity contribution in [3.05, 3.63) is 10.3 Å². The predicted octanol–water partition coefficient (Wildman–Crippen LogP) is 0.511. The van der Waals surface area contributed by atoms with Crippen LogP contribution in [0.3, 0.4) is 0 Å². The highest BCUT2D eigenvalue weighted by Gasteiger charge is 2.31. The Hall–Kier alpha value is -1.84. The molecule has 138 valence electrons. The number of likely N-dealkylation sites (N-methyl/N-ethyl adjacent to an activating group) is 1. The van der Waals surface area contributed by atoms with Gasteiger partial charge in [-0.15, -0.1) is 11.3 Å². The molecule has 0 unspecified atom stereocenters. The van der Waals surface area contributed by atoms with Crippen LogP contribution in [0.5, 0.6) is 11.5 Å². The Bertz CT molecular complexity index is 632. The summed E-state index contributed by atoms with van der Waals surface area (Å²) < 4.78 is 22.1. The van der Waals surface area contributed by atoms with Crippen molar-refractivity contribution in [1.29, 1.82) is 0 Å². The number of fused-ring (bicyclic) bond motifs is 1. The quantitative estimate of drug-likeness (QED) is 0.813. The maximum absolute atomic E-state index is 12.6. The van der Waals surface area contributed by atoms with Gasteiger partial charge in [0.25, 0.3) is 5.91 Å². The van der Waals surface area contributed by atoms with Crippen LogP contribution in [0, 0.1) is 0 Å². The molecule has 0 saturated carbocycles. The van der Waals surface area contributed by atoms with Gasteiger partial charge < -0.3 is 29.2 Å². The van der Waals surface area contributed by atoms with E-state index in [1.165, 1.54) is 16.2 Å². The summed E-state index contributed by atoms with van der Waals surface area (Å²) in [7, 11) is 3.34. The van der Waals surface area contributed by atoms with Gasteiger partial charge in [0, 0.05) is 26.1 Å². The zero-order valence-corrected chi connectivity index (χ0v) is 15.1. The maximum Gasteiger partial charge on any atom is 0.265 e. The van der Waals surface area contributed by atoms with E-state index in [0.29, 0.717) is 49.2 Å². The van der Waals surface area contributed by atoms with Gasteiger partial charge in [-0.1, -0.05) is 0 Å². The maximum atomic E-state index is 12.6. The summed E-state index contributed by atoms with van der Waals surface area (Å²) in [6.45, 7) is 1.75. The van der Waals surface area contributed by atoms with Crippen LogP contribution in [0.4, 0.5) is 0 Å². The van der Waals surface area contributed by atoms with Crippen molar-refractivity contribution < 1.29 is 28.5 Å². The van der Waals surface area contributed by atoms with E-state index in [1.807, 2.05) is 0 Å². The van der Waals surface area contributed by atoms with E-state index < -0.39 is 0 Å². The third kappa shape index (κ3) is 4.23. The first-order valence-corrected chi connectivity index (χ1v) is 9.01. The molecule has 0 aromatic carbocycles. The van der Waals surface area contributed by atoms with Gasteiger partial charge in [-0.2, -0.15) is 0 Å². The number of hydrogen-bond acceptors (Lipinski definition) is 7. The van der Waals surface area contributed by atoms with Crippen molar-refractivity contribution in [2.45, 2.75) is 18.6 Å². The van der Waals surface area contributed by atoms with Crippen molar-refractivity contribution in [2.75, 3.05) is 47.1 Å². The lowest BCUT2D eigenvalue weighted by atomic mass is 10.1. The van der Waals surface area contributed by atoms with E-state index in [-0.39, 0.29) is 30.6 Å². The van der Waals surface area contributed by atoms with E-state index in [9.17, 15) is 9.59 Å². The van der Waals surface area contributed by atoms with Crippen LogP contribution in [0.2, 0.25) is 0 Å². The lowest BCUT2D eigenvalue weighted by Crippen LogP contribution is -2.50. The molecule has 1 aromatic heterocycles. The second kappa shape index (κ2) is 8.03. The minimum absolute atomic E-state index is 0.0429. The molecule has 2 atom stereocenters. The molecule has 1 N–H and O–H groups in total. The molecule has 1 saturated heterocycles. The fourth-order valence-electron chi connectivity index (χ4n) is 2.60. The second-order valence-corrected chi connectivity index (χ2v) is 6.92. The minimum atomic E-state index is -0.366. The molecule has 8 nitrogen and oxygen atoms in total. The zero-order valence-electron chi connectivity index (χ0n) is 14.3. The lowest BCUT2D eigenvalue weighted by Gasteiger charge is -2.32. The van der Waals surface area contributed by atoms with Gasteiger partial charge in [-0.25, -0.2) is 0 Å². The molecule has 0 aliphatic carbocycles. The molecule has 2 aliphatic heterocycles. The normalized spacial score (nSPS) is 22.3. The van der Waals surface area contributed by atoms with E-state index in [4.69, 9.17) is 18.9 Å². The first-order valence-electron chi connectivity index (χ1n) is 8.13. The summed E-state index contributed by atoms with van der Waals surface area (Å²) in [6.07, 6.45) is 0.256. The molecule has 2 amide bonds. The summed E-state index contributed by atoms with van der Waals surface area (Å²) in [5, 5.41) is 4.76. The van der Waals surface area contributed by atoms with Crippen molar-refractivity contribution in [1.82, 2.24) is 10.2 Å². The Balaban J connectivity index is 1.62. The van der Waals surface area contributed by atoms with Gasteiger partial charge in [0.1, 0.15) is 30.8 Å². The van der Waals surface area contributed by atoms with E-state index in [1.54, 1.807) is 19.5 Å². The number of thiophene rings is 1. The number of carbonyl (C=O) groups excluding carboxylic acids is 2. The van der Waals surface area contributed by atoms with Gasteiger partial charge in [-0.05, 0) is 6.42 Å². The minimum Gasteiger partial charge on any atom is -0.485 e. The van der Waals surface area contributed by atoms with E-state index >= 15 is 0 Å². The smallest absolute Gasteiger partial charge is 0.265 e. The summed E-state index contributed by atoms with van der Waals surface area (Å²) >= 11 is 1.29. The largest absolute Gasteiger partial charge is 0.485 e.